The minimum absolute atomic E-state index is 0.0471. The summed E-state index contributed by atoms with van der Waals surface area (Å²) in [6.45, 7) is 10.7. The van der Waals surface area contributed by atoms with Crippen molar-refractivity contribution >= 4 is 17.8 Å². The number of nitrogens with two attached hydrogens (primary N) is 1. The van der Waals surface area contributed by atoms with E-state index in [4.69, 9.17) is 15.2 Å². The average Bonchev–Trinajstić information content (AvgIpc) is 2.93. The fourth-order valence-corrected chi connectivity index (χ4v) is 5.87. The van der Waals surface area contributed by atoms with Gasteiger partial charge in [0.2, 0.25) is 5.91 Å². The molecule has 0 saturated carbocycles. The lowest BCUT2D eigenvalue weighted by molar-refractivity contribution is -0.128. The van der Waals surface area contributed by atoms with Crippen molar-refractivity contribution in [3.63, 3.8) is 0 Å². The number of carbonyl (C=O) groups is 2. The molecule has 2 aromatic carbocycles. The van der Waals surface area contributed by atoms with E-state index in [-0.39, 0.29) is 36.4 Å². The van der Waals surface area contributed by atoms with Crippen molar-refractivity contribution < 1.29 is 19.1 Å². The van der Waals surface area contributed by atoms with E-state index in [1.807, 2.05) is 20.8 Å². The summed E-state index contributed by atoms with van der Waals surface area (Å²) in [5.41, 5.74) is 9.35. The maximum Gasteiger partial charge on any atom is 0.251 e. The van der Waals surface area contributed by atoms with Crippen LogP contribution < -0.4 is 20.5 Å². The second kappa shape index (κ2) is 13.4. The number of carbonyl (C=O) groups excluding carboxylic acids is 2. The molecule has 8 rings (SSSR count). The number of aryl methyl sites for hydroxylation is 1. The largest absolute Gasteiger partial charge is 0.494 e. The van der Waals surface area contributed by atoms with Crippen LogP contribution in [0.4, 0.5) is 0 Å². The Morgan fingerprint density at radius 1 is 1.10 bits per heavy atom. The van der Waals surface area contributed by atoms with Gasteiger partial charge in [-0.1, -0.05) is 45.2 Å². The Kier molecular flexibility index (Phi) is 9.94. The molecule has 2 unspecified atom stereocenters. The van der Waals surface area contributed by atoms with E-state index in [1.165, 1.54) is 10.5 Å². The molecule has 8 heteroatoms. The molecule has 0 fully saturated rings. The van der Waals surface area contributed by atoms with E-state index in [0.29, 0.717) is 30.8 Å². The lowest BCUT2D eigenvalue weighted by Gasteiger charge is -2.38. The standard InChI is InChI=1S/C31H40N4O4.C2H6/c1-4-38-26-14-12-21-16-22(26)19-35-28(36)17-23(33-30(35)32)10-8-6-5-7-9-20-11-13-24-25(34-29(21)37)18-31(2,3)39-27(24)15-20;1-2/h11-16,23,25H,4-10,17-19H2,1-3H3,(H2,32,33)(H,34,37);1-2H3. The third kappa shape index (κ3) is 7.40. The molecule has 0 spiro atoms. The third-order valence-corrected chi connectivity index (χ3v) is 7.85. The number of nitrogens with zero attached hydrogens (tertiary/aromatic N) is 2. The Bertz CT molecular complexity index is 1270. The van der Waals surface area contributed by atoms with Crippen molar-refractivity contribution in [2.24, 2.45) is 10.7 Å². The highest BCUT2D eigenvalue weighted by Crippen LogP contribution is 2.40. The van der Waals surface area contributed by atoms with Gasteiger partial charge in [-0.25, -0.2) is 4.99 Å². The van der Waals surface area contributed by atoms with Gasteiger partial charge in [0.15, 0.2) is 5.96 Å². The first-order chi connectivity index (χ1) is 19.7. The molecule has 6 aliphatic rings. The van der Waals surface area contributed by atoms with E-state index >= 15 is 0 Å². The number of hydrogen-bond donors (Lipinski definition) is 2. The zero-order valence-electron chi connectivity index (χ0n) is 25.3. The first kappa shape index (κ1) is 30.4. The molecule has 0 radical (unpaired) electrons. The number of nitrogens with one attached hydrogen (secondary N) is 1. The van der Waals surface area contributed by atoms with Gasteiger partial charge in [-0.15, -0.1) is 0 Å². The smallest absolute Gasteiger partial charge is 0.251 e. The summed E-state index contributed by atoms with van der Waals surface area (Å²) in [7, 11) is 0. The van der Waals surface area contributed by atoms with Gasteiger partial charge in [0.05, 0.1) is 25.2 Å². The molecular weight excluding hydrogens is 516 g/mol. The summed E-state index contributed by atoms with van der Waals surface area (Å²) in [5, 5.41) is 3.24. The molecule has 41 heavy (non-hydrogen) atoms. The molecule has 8 bridgehead atoms. The van der Waals surface area contributed by atoms with Gasteiger partial charge < -0.3 is 20.5 Å². The second-order valence-electron chi connectivity index (χ2n) is 11.5. The van der Waals surface area contributed by atoms with Crippen LogP contribution >= 0.6 is 0 Å². The van der Waals surface area contributed by atoms with E-state index in [9.17, 15) is 9.59 Å². The molecule has 0 aromatic heterocycles. The van der Waals surface area contributed by atoms with Gasteiger partial charge in [0, 0.05) is 29.5 Å². The SMILES string of the molecule is CC.CCOc1ccc2cc1CN1C(=O)CC(CCCCCCc3ccc4c(c3)OC(C)(C)CC4NC2=O)N=C1N. The van der Waals surface area contributed by atoms with Crippen molar-refractivity contribution in [1.29, 1.82) is 0 Å². The normalized spacial score (nSPS) is 22.4. The van der Waals surface area contributed by atoms with Crippen LogP contribution in [0.2, 0.25) is 0 Å². The first-order valence-corrected chi connectivity index (χ1v) is 15.2. The molecule has 3 N–H and O–H groups in total. The highest BCUT2D eigenvalue weighted by molar-refractivity contribution is 5.99. The fourth-order valence-electron chi connectivity index (χ4n) is 5.87. The topological polar surface area (TPSA) is 106 Å². The van der Waals surface area contributed by atoms with Crippen molar-refractivity contribution in [3.8, 4) is 11.5 Å². The van der Waals surface area contributed by atoms with Crippen LogP contribution in [-0.4, -0.2) is 40.9 Å². The number of amides is 2. The molecule has 0 saturated heterocycles. The van der Waals surface area contributed by atoms with Crippen LogP contribution in [-0.2, 0) is 17.8 Å². The monoisotopic (exact) mass is 562 g/mol. The second-order valence-corrected chi connectivity index (χ2v) is 11.5. The van der Waals surface area contributed by atoms with Gasteiger partial charge in [0.25, 0.3) is 5.91 Å². The Balaban J connectivity index is 0.00000189. The molecule has 6 aliphatic heterocycles. The quantitative estimate of drug-likeness (QED) is 0.462. The Morgan fingerprint density at radius 2 is 1.88 bits per heavy atom. The summed E-state index contributed by atoms with van der Waals surface area (Å²) in [6.07, 6.45) is 7.14. The molecule has 2 amide bonds. The molecule has 8 nitrogen and oxygen atoms in total. The maximum absolute atomic E-state index is 13.6. The van der Waals surface area contributed by atoms with Crippen molar-refractivity contribution in [1.82, 2.24) is 10.2 Å². The van der Waals surface area contributed by atoms with Crippen LogP contribution in [0.3, 0.4) is 0 Å². The van der Waals surface area contributed by atoms with Crippen LogP contribution in [0.15, 0.2) is 41.4 Å². The van der Waals surface area contributed by atoms with E-state index in [1.54, 1.807) is 18.2 Å². The summed E-state index contributed by atoms with van der Waals surface area (Å²) in [6, 6.07) is 11.5. The third-order valence-electron chi connectivity index (χ3n) is 7.85. The molecule has 2 aromatic rings. The average molecular weight is 563 g/mol. The summed E-state index contributed by atoms with van der Waals surface area (Å²) in [4.78, 5) is 32.8. The van der Waals surface area contributed by atoms with Crippen LogP contribution in [0, 0.1) is 0 Å². The molecule has 2 atom stereocenters. The number of rotatable bonds is 2. The zero-order chi connectivity index (χ0) is 29.6. The van der Waals surface area contributed by atoms with Gasteiger partial charge in [0.1, 0.15) is 17.1 Å². The van der Waals surface area contributed by atoms with E-state index < -0.39 is 5.60 Å². The van der Waals surface area contributed by atoms with Gasteiger partial charge in [-0.05, 0) is 69.9 Å². The lowest BCUT2D eigenvalue weighted by atomic mass is 9.88. The predicted molar refractivity (Wildman–Crippen MR) is 162 cm³/mol. The number of benzene rings is 2. The number of hydrogen-bond acceptors (Lipinski definition) is 6. The molecular formula is C33H46N4O4. The number of guanidine groups is 1. The minimum Gasteiger partial charge on any atom is -0.494 e. The molecule has 0 aliphatic carbocycles. The van der Waals surface area contributed by atoms with Crippen molar-refractivity contribution in [2.75, 3.05) is 6.61 Å². The van der Waals surface area contributed by atoms with Crippen molar-refractivity contribution in [2.45, 2.75) is 110 Å². The summed E-state index contributed by atoms with van der Waals surface area (Å²) >= 11 is 0. The van der Waals surface area contributed by atoms with Crippen LogP contribution in [0.25, 0.3) is 0 Å². The number of ether oxygens (including phenoxy) is 2. The zero-order valence-corrected chi connectivity index (χ0v) is 25.3. The highest BCUT2D eigenvalue weighted by atomic mass is 16.5. The van der Waals surface area contributed by atoms with Gasteiger partial charge >= 0.3 is 0 Å². The van der Waals surface area contributed by atoms with Crippen molar-refractivity contribution in [3.05, 3.63) is 58.7 Å². The number of aliphatic imine (C=N–C) groups is 1. The first-order valence-electron chi connectivity index (χ1n) is 15.2. The van der Waals surface area contributed by atoms with Gasteiger partial charge in [-0.3, -0.25) is 14.5 Å². The van der Waals surface area contributed by atoms with Crippen LogP contribution in [0.1, 0.15) is 113 Å². The molecule has 6 heterocycles. The van der Waals surface area contributed by atoms with Gasteiger partial charge in [-0.2, -0.15) is 0 Å². The predicted octanol–water partition coefficient (Wildman–Crippen LogP) is 6.07. The fraction of sp³-hybridized carbons (Fsp3) is 0.545. The van der Waals surface area contributed by atoms with E-state index in [2.05, 4.69) is 42.4 Å². The van der Waals surface area contributed by atoms with E-state index in [0.717, 1.165) is 55.4 Å². The Labute approximate surface area is 244 Å². The lowest BCUT2D eigenvalue weighted by Crippen LogP contribution is -2.46. The Morgan fingerprint density at radius 3 is 2.63 bits per heavy atom. The minimum atomic E-state index is -0.410. The maximum atomic E-state index is 13.6. The molecule has 222 valence electrons. The summed E-state index contributed by atoms with van der Waals surface area (Å²) in [5.74, 6) is 1.48. The Hall–Kier alpha value is -3.55. The van der Waals surface area contributed by atoms with Crippen LogP contribution in [0.5, 0.6) is 11.5 Å². The highest BCUT2D eigenvalue weighted by Gasteiger charge is 2.35. The summed E-state index contributed by atoms with van der Waals surface area (Å²) < 4.78 is 12.2.